The second-order valence-electron chi connectivity index (χ2n) is 9.38. The summed E-state index contributed by atoms with van der Waals surface area (Å²) in [4.78, 5) is 13.8. The molecule has 6 heteroatoms. The number of piperidine rings is 1. The summed E-state index contributed by atoms with van der Waals surface area (Å²) in [5, 5.41) is 0.202. The highest BCUT2D eigenvalue weighted by molar-refractivity contribution is 6.74. The number of hydrogen-bond acceptors (Lipinski definition) is 4. The van der Waals surface area contributed by atoms with Crippen LogP contribution < -0.4 is 0 Å². The Labute approximate surface area is 160 Å². The van der Waals surface area contributed by atoms with Gasteiger partial charge in [0.05, 0.1) is 12.7 Å². The van der Waals surface area contributed by atoms with Crippen LogP contribution in [0.3, 0.4) is 0 Å². The summed E-state index contributed by atoms with van der Waals surface area (Å²) in [6.45, 7) is 19.0. The van der Waals surface area contributed by atoms with E-state index in [0.717, 1.165) is 12.8 Å². The van der Waals surface area contributed by atoms with E-state index >= 15 is 0 Å². The molecule has 150 valence electrons. The third kappa shape index (κ3) is 8.11. The highest BCUT2D eigenvalue weighted by Gasteiger charge is 2.36. The molecular formula is C20H37NO4Si. The minimum Gasteiger partial charge on any atom is -0.444 e. The van der Waals surface area contributed by atoms with Gasteiger partial charge in [-0.25, -0.2) is 4.79 Å². The van der Waals surface area contributed by atoms with Crippen LogP contribution in [0.15, 0.2) is 0 Å². The molecule has 1 aliphatic heterocycles. The Morgan fingerprint density at radius 1 is 1.04 bits per heavy atom. The Bertz CT molecular complexity index is 515. The van der Waals surface area contributed by atoms with E-state index in [0.29, 0.717) is 26.3 Å². The molecule has 0 aromatic heterocycles. The molecular weight excluding hydrogens is 346 g/mol. The van der Waals surface area contributed by atoms with E-state index in [-0.39, 0.29) is 17.2 Å². The lowest BCUT2D eigenvalue weighted by Crippen LogP contribution is -2.43. The second kappa shape index (κ2) is 9.25. The van der Waals surface area contributed by atoms with Gasteiger partial charge >= 0.3 is 6.09 Å². The Morgan fingerprint density at radius 3 is 2.08 bits per heavy atom. The van der Waals surface area contributed by atoms with Gasteiger partial charge in [-0.2, -0.15) is 0 Å². The number of likely N-dealkylation sites (tertiary alicyclic amines) is 1. The minimum atomic E-state index is -1.73. The molecule has 0 atom stereocenters. The second-order valence-corrected chi connectivity index (χ2v) is 14.2. The van der Waals surface area contributed by atoms with E-state index in [1.54, 1.807) is 4.90 Å². The molecule has 0 aliphatic carbocycles. The Morgan fingerprint density at radius 2 is 1.58 bits per heavy atom. The van der Waals surface area contributed by atoms with Crippen LogP contribution in [-0.2, 0) is 13.9 Å². The number of carbonyl (C=O) groups excluding carboxylic acids is 1. The van der Waals surface area contributed by atoms with Gasteiger partial charge in [0, 0.05) is 13.1 Å². The molecule has 0 spiro atoms. The maximum absolute atomic E-state index is 12.0. The van der Waals surface area contributed by atoms with Gasteiger partial charge in [0.25, 0.3) is 0 Å². The van der Waals surface area contributed by atoms with Crippen molar-refractivity contribution in [1.82, 2.24) is 4.90 Å². The molecule has 1 heterocycles. The first-order valence-electron chi connectivity index (χ1n) is 9.51. The normalized spacial score (nSPS) is 16.8. The molecule has 0 aromatic carbocycles. The highest BCUT2D eigenvalue weighted by Crippen LogP contribution is 2.36. The first-order valence-corrected chi connectivity index (χ1v) is 12.4. The van der Waals surface area contributed by atoms with E-state index in [1.165, 1.54) is 0 Å². The number of carbonyl (C=O) groups is 1. The van der Waals surface area contributed by atoms with Crippen molar-refractivity contribution < 1.29 is 18.7 Å². The van der Waals surface area contributed by atoms with Crippen molar-refractivity contribution in [2.75, 3.05) is 26.3 Å². The summed E-state index contributed by atoms with van der Waals surface area (Å²) in [6, 6.07) is 0. The van der Waals surface area contributed by atoms with Crippen molar-refractivity contribution >= 4 is 14.4 Å². The monoisotopic (exact) mass is 383 g/mol. The highest BCUT2D eigenvalue weighted by atomic mass is 28.4. The molecule has 0 bridgehead atoms. The number of rotatable bonds is 4. The lowest BCUT2D eigenvalue weighted by Gasteiger charge is -2.35. The van der Waals surface area contributed by atoms with Gasteiger partial charge in [-0.15, -0.1) is 0 Å². The van der Waals surface area contributed by atoms with Gasteiger partial charge in [-0.05, 0) is 51.7 Å². The van der Waals surface area contributed by atoms with Crippen molar-refractivity contribution in [3.63, 3.8) is 0 Å². The summed E-state index contributed by atoms with van der Waals surface area (Å²) >= 11 is 0. The van der Waals surface area contributed by atoms with Crippen LogP contribution in [0.2, 0.25) is 18.1 Å². The van der Waals surface area contributed by atoms with Gasteiger partial charge in [-0.1, -0.05) is 32.6 Å². The Hall–Kier alpha value is -1.03. The average molecular weight is 384 g/mol. The van der Waals surface area contributed by atoms with Crippen LogP contribution in [0.25, 0.3) is 0 Å². The fraction of sp³-hybridized carbons (Fsp3) is 0.850. The largest absolute Gasteiger partial charge is 0.444 e. The predicted molar refractivity (Wildman–Crippen MR) is 108 cm³/mol. The van der Waals surface area contributed by atoms with Gasteiger partial charge in [0.2, 0.25) is 0 Å². The first kappa shape index (κ1) is 23.0. The van der Waals surface area contributed by atoms with Gasteiger partial charge in [0.15, 0.2) is 8.32 Å². The molecule has 0 saturated carbocycles. The van der Waals surface area contributed by atoms with Crippen LogP contribution >= 0.6 is 0 Å². The van der Waals surface area contributed by atoms with Crippen molar-refractivity contribution in [2.24, 2.45) is 0 Å². The van der Waals surface area contributed by atoms with Crippen LogP contribution in [0.4, 0.5) is 4.79 Å². The van der Waals surface area contributed by atoms with Crippen LogP contribution in [0.5, 0.6) is 0 Å². The summed E-state index contributed by atoms with van der Waals surface area (Å²) in [7, 11) is -1.73. The Balaban J connectivity index is 2.25. The molecule has 1 aliphatic rings. The number of nitrogens with zero attached hydrogens (tertiary/aromatic N) is 1. The smallest absolute Gasteiger partial charge is 0.410 e. The summed E-state index contributed by atoms with van der Waals surface area (Å²) in [5.41, 5.74) is -0.452. The lowest BCUT2D eigenvalue weighted by atomic mass is 10.1. The van der Waals surface area contributed by atoms with Crippen LogP contribution in [-0.4, -0.2) is 57.3 Å². The topological polar surface area (TPSA) is 48.0 Å². The van der Waals surface area contributed by atoms with E-state index in [9.17, 15) is 4.79 Å². The molecule has 26 heavy (non-hydrogen) atoms. The molecule has 1 rings (SSSR count). The summed E-state index contributed by atoms with van der Waals surface area (Å²) < 4.78 is 17.2. The summed E-state index contributed by atoms with van der Waals surface area (Å²) in [6.07, 6.45) is 1.56. The SMILES string of the molecule is CC(C)(C)OC(=O)N1CCC(OCC#CCO[Si](C)(C)C(C)(C)C)CC1. The molecule has 1 saturated heterocycles. The van der Waals surface area contributed by atoms with Crippen molar-refractivity contribution in [1.29, 1.82) is 0 Å². The van der Waals surface area contributed by atoms with Crippen molar-refractivity contribution in [3.8, 4) is 11.8 Å². The number of ether oxygens (including phenoxy) is 2. The summed E-state index contributed by atoms with van der Waals surface area (Å²) in [5.74, 6) is 6.10. The van der Waals surface area contributed by atoms with Crippen molar-refractivity contribution in [3.05, 3.63) is 0 Å². The standard InChI is InChI=1S/C20H37NO4Si/c1-19(2,3)25-18(22)21-13-11-17(12-14-21)23-15-9-10-16-24-26(7,8)20(4,5)6/h17H,11-16H2,1-8H3. The molecule has 0 aromatic rings. The van der Waals surface area contributed by atoms with Crippen LogP contribution in [0.1, 0.15) is 54.4 Å². The third-order valence-electron chi connectivity index (χ3n) is 4.92. The maximum atomic E-state index is 12.0. The third-order valence-corrected chi connectivity index (χ3v) is 9.40. The molecule has 0 N–H and O–H groups in total. The fourth-order valence-electron chi connectivity index (χ4n) is 2.23. The molecule has 0 unspecified atom stereocenters. The van der Waals surface area contributed by atoms with E-state index in [4.69, 9.17) is 13.9 Å². The van der Waals surface area contributed by atoms with E-state index < -0.39 is 13.9 Å². The van der Waals surface area contributed by atoms with Crippen molar-refractivity contribution in [2.45, 2.75) is 84.2 Å². The molecule has 0 radical (unpaired) electrons. The zero-order valence-corrected chi connectivity index (χ0v) is 18.9. The van der Waals surface area contributed by atoms with Gasteiger partial charge in [-0.3, -0.25) is 0 Å². The van der Waals surface area contributed by atoms with Gasteiger partial charge in [0.1, 0.15) is 12.2 Å². The first-order chi connectivity index (χ1) is 11.8. The number of amides is 1. The van der Waals surface area contributed by atoms with E-state index in [2.05, 4.69) is 45.7 Å². The average Bonchev–Trinajstić information content (AvgIpc) is 2.48. The lowest BCUT2D eigenvalue weighted by molar-refractivity contribution is -0.00377. The zero-order chi connectivity index (χ0) is 20.0. The number of hydrogen-bond donors (Lipinski definition) is 0. The van der Waals surface area contributed by atoms with Crippen LogP contribution in [0, 0.1) is 11.8 Å². The quantitative estimate of drug-likeness (QED) is 0.532. The zero-order valence-electron chi connectivity index (χ0n) is 17.9. The predicted octanol–water partition coefficient (Wildman–Crippen LogP) is 4.43. The molecule has 1 fully saturated rings. The minimum absolute atomic E-state index is 0.157. The van der Waals surface area contributed by atoms with E-state index in [1.807, 2.05) is 20.8 Å². The Kier molecular flexibility index (Phi) is 8.19. The fourth-order valence-corrected chi connectivity index (χ4v) is 3.09. The molecule has 1 amide bonds. The maximum Gasteiger partial charge on any atom is 0.410 e. The molecule has 5 nitrogen and oxygen atoms in total. The van der Waals surface area contributed by atoms with Gasteiger partial charge < -0.3 is 18.8 Å².